The van der Waals surface area contributed by atoms with Gasteiger partial charge in [0.15, 0.2) is 6.29 Å². The van der Waals surface area contributed by atoms with E-state index in [2.05, 4.69) is 35.3 Å². The van der Waals surface area contributed by atoms with E-state index in [0.717, 1.165) is 47.6 Å². The Kier molecular flexibility index (Phi) is 5.19. The third-order valence-corrected chi connectivity index (χ3v) is 4.35. The Morgan fingerprint density at radius 2 is 1.54 bits per heavy atom. The van der Waals surface area contributed by atoms with Crippen LogP contribution in [0.25, 0.3) is 11.1 Å². The minimum absolute atomic E-state index is 0.251. The average molecular weight is 343 g/mol. The molecular weight excluding hydrogens is 322 g/mol. The van der Waals surface area contributed by atoms with Crippen LogP contribution in [0.4, 0.5) is 5.69 Å². The maximum atomic E-state index is 5.71. The molecule has 0 N–H and O–H groups in total. The van der Waals surface area contributed by atoms with Crippen molar-refractivity contribution in [2.45, 2.75) is 12.7 Å². The van der Waals surface area contributed by atoms with Crippen LogP contribution in [0.1, 0.15) is 23.8 Å². The molecule has 0 aromatic heterocycles. The van der Waals surface area contributed by atoms with Crippen molar-refractivity contribution in [1.82, 2.24) is 0 Å². The fourth-order valence-corrected chi connectivity index (χ4v) is 2.97. The lowest BCUT2D eigenvalue weighted by Crippen LogP contribution is -2.17. The van der Waals surface area contributed by atoms with E-state index in [9.17, 15) is 0 Å². The largest absolute Gasteiger partial charge is 0.348 e. The van der Waals surface area contributed by atoms with Crippen LogP contribution >= 0.6 is 0 Å². The minimum atomic E-state index is -0.251. The van der Waals surface area contributed by atoms with Gasteiger partial charge < -0.3 is 9.47 Å². The lowest BCUT2D eigenvalue weighted by molar-refractivity contribution is -0.183. The highest BCUT2D eigenvalue weighted by Crippen LogP contribution is 2.28. The van der Waals surface area contributed by atoms with Crippen LogP contribution in [-0.2, 0) is 9.47 Å². The van der Waals surface area contributed by atoms with E-state index in [1.54, 1.807) is 0 Å². The first-order valence-corrected chi connectivity index (χ1v) is 8.91. The first-order valence-electron chi connectivity index (χ1n) is 8.91. The monoisotopic (exact) mass is 343 g/mol. The van der Waals surface area contributed by atoms with E-state index >= 15 is 0 Å². The molecule has 1 fully saturated rings. The molecule has 0 radical (unpaired) electrons. The van der Waals surface area contributed by atoms with Crippen molar-refractivity contribution in [3.8, 4) is 11.1 Å². The van der Waals surface area contributed by atoms with E-state index in [4.69, 9.17) is 9.47 Å². The molecular formula is C23H21NO2. The van der Waals surface area contributed by atoms with Gasteiger partial charge in [0, 0.05) is 11.8 Å². The van der Waals surface area contributed by atoms with Gasteiger partial charge in [-0.15, -0.1) is 0 Å². The molecule has 3 aromatic rings. The zero-order chi connectivity index (χ0) is 17.6. The summed E-state index contributed by atoms with van der Waals surface area (Å²) < 4.78 is 11.4. The van der Waals surface area contributed by atoms with Crippen molar-refractivity contribution in [2.75, 3.05) is 13.2 Å². The molecule has 3 heteroatoms. The molecule has 0 saturated carbocycles. The van der Waals surface area contributed by atoms with Gasteiger partial charge in [-0.25, -0.2) is 0 Å². The maximum absolute atomic E-state index is 5.71. The van der Waals surface area contributed by atoms with Crippen molar-refractivity contribution in [3.05, 3.63) is 90.0 Å². The summed E-state index contributed by atoms with van der Waals surface area (Å²) in [6, 6.07) is 26.7. The van der Waals surface area contributed by atoms with E-state index < -0.39 is 0 Å². The van der Waals surface area contributed by atoms with Crippen LogP contribution in [0.5, 0.6) is 0 Å². The normalized spacial score (nSPS) is 15.4. The Labute approximate surface area is 153 Å². The van der Waals surface area contributed by atoms with Crippen LogP contribution in [0.3, 0.4) is 0 Å². The molecule has 0 bridgehead atoms. The molecule has 1 aliphatic heterocycles. The molecule has 0 amide bonds. The summed E-state index contributed by atoms with van der Waals surface area (Å²) >= 11 is 0. The highest BCUT2D eigenvalue weighted by Gasteiger charge is 2.16. The van der Waals surface area contributed by atoms with Crippen LogP contribution in [0, 0.1) is 0 Å². The Morgan fingerprint density at radius 1 is 0.769 bits per heavy atom. The highest BCUT2D eigenvalue weighted by molar-refractivity contribution is 5.82. The highest BCUT2D eigenvalue weighted by atomic mass is 16.7. The quantitative estimate of drug-likeness (QED) is 0.582. The van der Waals surface area contributed by atoms with Crippen molar-refractivity contribution in [3.63, 3.8) is 0 Å². The fourth-order valence-electron chi connectivity index (χ4n) is 2.97. The topological polar surface area (TPSA) is 30.8 Å². The molecule has 0 atom stereocenters. The number of hydrogen-bond donors (Lipinski definition) is 0. The summed E-state index contributed by atoms with van der Waals surface area (Å²) in [6.45, 7) is 1.51. The van der Waals surface area contributed by atoms with E-state index in [1.165, 1.54) is 0 Å². The lowest BCUT2D eigenvalue weighted by atomic mass is 10.0. The molecule has 1 aliphatic rings. The fraction of sp³-hybridized carbons (Fsp3) is 0.174. The second kappa shape index (κ2) is 8.09. The molecule has 3 aromatic carbocycles. The van der Waals surface area contributed by atoms with Gasteiger partial charge in [0.1, 0.15) is 0 Å². The van der Waals surface area contributed by atoms with Crippen molar-refractivity contribution >= 4 is 11.9 Å². The first-order chi connectivity index (χ1) is 12.9. The molecule has 130 valence electrons. The van der Waals surface area contributed by atoms with E-state index in [1.807, 2.05) is 54.7 Å². The summed E-state index contributed by atoms with van der Waals surface area (Å²) in [4.78, 5) is 4.54. The zero-order valence-electron chi connectivity index (χ0n) is 14.5. The van der Waals surface area contributed by atoms with Crippen LogP contribution in [0.15, 0.2) is 83.9 Å². The summed E-state index contributed by atoms with van der Waals surface area (Å²) in [6.07, 6.45) is 2.59. The summed E-state index contributed by atoms with van der Waals surface area (Å²) in [5.41, 5.74) is 5.40. The van der Waals surface area contributed by atoms with Crippen molar-refractivity contribution in [2.24, 2.45) is 4.99 Å². The molecule has 3 nitrogen and oxygen atoms in total. The SMILES string of the molecule is C(=Nc1ccc(-c2cccc(C3OCCCO3)c2)cc1)c1ccccc1. The van der Waals surface area contributed by atoms with Gasteiger partial charge in [0.2, 0.25) is 0 Å². The molecule has 0 unspecified atom stereocenters. The Balaban J connectivity index is 1.51. The predicted molar refractivity (Wildman–Crippen MR) is 105 cm³/mol. The minimum Gasteiger partial charge on any atom is -0.348 e. The third-order valence-electron chi connectivity index (χ3n) is 4.35. The smallest absolute Gasteiger partial charge is 0.183 e. The lowest BCUT2D eigenvalue weighted by Gasteiger charge is -2.23. The van der Waals surface area contributed by atoms with Gasteiger partial charge in [0.05, 0.1) is 18.9 Å². The maximum Gasteiger partial charge on any atom is 0.183 e. The van der Waals surface area contributed by atoms with Crippen molar-refractivity contribution in [1.29, 1.82) is 0 Å². The number of benzene rings is 3. The van der Waals surface area contributed by atoms with Gasteiger partial charge in [-0.1, -0.05) is 60.7 Å². The van der Waals surface area contributed by atoms with Gasteiger partial charge in [-0.05, 0) is 41.3 Å². The van der Waals surface area contributed by atoms with Crippen LogP contribution in [0.2, 0.25) is 0 Å². The number of rotatable bonds is 4. The summed E-state index contributed by atoms with van der Waals surface area (Å²) in [5, 5.41) is 0. The van der Waals surface area contributed by atoms with E-state index in [0.29, 0.717) is 0 Å². The number of aliphatic imine (C=N–C) groups is 1. The Hall–Kier alpha value is -2.75. The molecule has 0 spiro atoms. The van der Waals surface area contributed by atoms with Crippen LogP contribution < -0.4 is 0 Å². The standard InChI is InChI=1S/C23H21NO2/c1-2-6-18(7-3-1)17-24-22-12-10-19(11-13-22)20-8-4-9-21(16-20)23-25-14-5-15-26-23/h1-4,6-13,16-17,23H,5,14-15H2. The van der Waals surface area contributed by atoms with Crippen molar-refractivity contribution < 1.29 is 9.47 Å². The molecule has 26 heavy (non-hydrogen) atoms. The predicted octanol–water partition coefficient (Wildman–Crippen LogP) is 5.54. The van der Waals surface area contributed by atoms with Crippen LogP contribution in [-0.4, -0.2) is 19.4 Å². The molecule has 0 aliphatic carbocycles. The molecule has 4 rings (SSSR count). The summed E-state index contributed by atoms with van der Waals surface area (Å²) in [7, 11) is 0. The zero-order valence-corrected chi connectivity index (χ0v) is 14.5. The second-order valence-electron chi connectivity index (χ2n) is 6.27. The molecule has 1 saturated heterocycles. The van der Waals surface area contributed by atoms with Gasteiger partial charge >= 0.3 is 0 Å². The Morgan fingerprint density at radius 3 is 2.31 bits per heavy atom. The van der Waals surface area contributed by atoms with Gasteiger partial charge in [0.25, 0.3) is 0 Å². The average Bonchev–Trinajstić information content (AvgIpc) is 2.74. The summed E-state index contributed by atoms with van der Waals surface area (Å²) in [5.74, 6) is 0. The van der Waals surface area contributed by atoms with E-state index in [-0.39, 0.29) is 6.29 Å². The Bertz CT molecular complexity index is 866. The van der Waals surface area contributed by atoms with Gasteiger partial charge in [-0.3, -0.25) is 4.99 Å². The first kappa shape index (κ1) is 16.7. The van der Waals surface area contributed by atoms with Gasteiger partial charge in [-0.2, -0.15) is 0 Å². The number of hydrogen-bond acceptors (Lipinski definition) is 3. The molecule has 1 heterocycles. The number of nitrogens with zero attached hydrogens (tertiary/aromatic N) is 1. The third kappa shape index (κ3) is 4.07. The number of ether oxygens (including phenoxy) is 2. The second-order valence-corrected chi connectivity index (χ2v) is 6.27.